The number of fused-ring (bicyclic) bond motifs is 4. The number of nitrogens with one attached hydrogen (secondary N) is 1. The molecule has 1 aliphatic carbocycles. The van der Waals surface area contributed by atoms with E-state index in [9.17, 15) is 4.79 Å². The Morgan fingerprint density at radius 1 is 1.08 bits per heavy atom. The molecule has 2 aliphatic rings. The summed E-state index contributed by atoms with van der Waals surface area (Å²) in [7, 11) is 0. The summed E-state index contributed by atoms with van der Waals surface area (Å²) < 4.78 is 0. The Hall–Kier alpha value is -2.55. The van der Waals surface area contributed by atoms with E-state index < -0.39 is 0 Å². The number of carbonyl (C=O) groups is 1. The highest BCUT2D eigenvalue weighted by atomic mass is 16.2. The lowest BCUT2D eigenvalue weighted by Gasteiger charge is -2.29. The highest BCUT2D eigenvalue weighted by Crippen LogP contribution is 2.46. The molecule has 1 fully saturated rings. The van der Waals surface area contributed by atoms with Crippen molar-refractivity contribution in [2.75, 3.05) is 6.54 Å². The van der Waals surface area contributed by atoms with Crippen molar-refractivity contribution in [2.24, 2.45) is 11.8 Å². The van der Waals surface area contributed by atoms with Crippen LogP contribution in [0.2, 0.25) is 0 Å². The third kappa shape index (κ3) is 2.22. The average molecular weight is 330 g/mol. The fraction of sp³-hybridized carbons (Fsp3) is 0.318. The third-order valence-electron chi connectivity index (χ3n) is 6.14. The summed E-state index contributed by atoms with van der Waals surface area (Å²) in [5.41, 5.74) is 5.12. The molecule has 1 amide bonds. The van der Waals surface area contributed by atoms with Gasteiger partial charge in [0.1, 0.15) is 0 Å². The number of aromatic amines is 1. The van der Waals surface area contributed by atoms with Crippen LogP contribution >= 0.6 is 0 Å². The van der Waals surface area contributed by atoms with Gasteiger partial charge in [0.25, 0.3) is 0 Å². The van der Waals surface area contributed by atoms with Gasteiger partial charge in [-0.15, -0.1) is 0 Å². The topological polar surface area (TPSA) is 36.1 Å². The Kier molecular flexibility index (Phi) is 3.24. The number of benzene rings is 2. The van der Waals surface area contributed by atoms with E-state index in [4.69, 9.17) is 0 Å². The Bertz CT molecular complexity index is 943. The quantitative estimate of drug-likeness (QED) is 0.754. The van der Waals surface area contributed by atoms with Crippen LogP contribution in [0.15, 0.2) is 54.6 Å². The Labute approximate surface area is 147 Å². The van der Waals surface area contributed by atoms with Crippen LogP contribution in [0.1, 0.15) is 29.7 Å². The molecule has 1 aliphatic heterocycles. The minimum absolute atomic E-state index is 0.124. The summed E-state index contributed by atoms with van der Waals surface area (Å²) in [6.45, 7) is 3.90. The zero-order valence-corrected chi connectivity index (χ0v) is 14.4. The first kappa shape index (κ1) is 14.8. The second-order valence-electron chi connectivity index (χ2n) is 7.53. The standard InChI is InChI=1S/C22H22N2O/c1-14-18-13-24(12-15-7-3-2-4-8-15)22(25)17(18)11-20-21(14)16-9-5-6-10-19(16)23-20/h2-10,14,17-18,23H,11-13H2,1H3. The van der Waals surface area contributed by atoms with Crippen molar-refractivity contribution in [2.45, 2.75) is 25.8 Å². The highest BCUT2D eigenvalue weighted by molar-refractivity contribution is 5.88. The van der Waals surface area contributed by atoms with Crippen molar-refractivity contribution in [1.29, 1.82) is 0 Å². The number of para-hydroxylation sites is 1. The fourth-order valence-electron chi connectivity index (χ4n) is 4.92. The van der Waals surface area contributed by atoms with Gasteiger partial charge >= 0.3 is 0 Å². The molecule has 0 bridgehead atoms. The van der Waals surface area contributed by atoms with Gasteiger partial charge in [0.15, 0.2) is 0 Å². The van der Waals surface area contributed by atoms with Crippen LogP contribution in [0.5, 0.6) is 0 Å². The number of likely N-dealkylation sites (tertiary alicyclic amines) is 1. The molecule has 0 spiro atoms. The summed E-state index contributed by atoms with van der Waals surface area (Å²) in [6, 6.07) is 18.8. The van der Waals surface area contributed by atoms with Crippen LogP contribution in [-0.4, -0.2) is 22.3 Å². The van der Waals surface area contributed by atoms with Gasteiger partial charge in [-0.2, -0.15) is 0 Å². The number of hydrogen-bond donors (Lipinski definition) is 1. The molecule has 1 N–H and O–H groups in total. The van der Waals surface area contributed by atoms with E-state index >= 15 is 0 Å². The van der Waals surface area contributed by atoms with E-state index in [0.29, 0.717) is 17.7 Å². The molecule has 3 nitrogen and oxygen atoms in total. The van der Waals surface area contributed by atoms with Crippen molar-refractivity contribution in [1.82, 2.24) is 9.88 Å². The van der Waals surface area contributed by atoms with Crippen LogP contribution in [-0.2, 0) is 17.8 Å². The normalized spacial score (nSPS) is 25.2. The number of aromatic nitrogens is 1. The summed E-state index contributed by atoms with van der Waals surface area (Å²) in [4.78, 5) is 18.7. The lowest BCUT2D eigenvalue weighted by Crippen LogP contribution is -2.29. The molecular weight excluding hydrogens is 308 g/mol. The number of amides is 1. The largest absolute Gasteiger partial charge is 0.358 e. The van der Waals surface area contributed by atoms with Crippen molar-refractivity contribution >= 4 is 16.8 Å². The van der Waals surface area contributed by atoms with Gasteiger partial charge in [-0.05, 0) is 35.4 Å². The van der Waals surface area contributed by atoms with Crippen LogP contribution in [0.25, 0.3) is 10.9 Å². The predicted molar refractivity (Wildman–Crippen MR) is 99.3 cm³/mol. The van der Waals surface area contributed by atoms with Crippen molar-refractivity contribution in [3.63, 3.8) is 0 Å². The number of hydrogen-bond acceptors (Lipinski definition) is 1. The van der Waals surface area contributed by atoms with E-state index in [0.717, 1.165) is 19.5 Å². The first-order valence-electron chi connectivity index (χ1n) is 9.14. The van der Waals surface area contributed by atoms with E-state index in [2.05, 4.69) is 53.2 Å². The minimum atomic E-state index is 0.124. The second kappa shape index (κ2) is 5.48. The number of carbonyl (C=O) groups excluding carboxylic acids is 1. The molecule has 2 heterocycles. The maximum atomic E-state index is 13.0. The van der Waals surface area contributed by atoms with Gasteiger partial charge in [-0.1, -0.05) is 55.5 Å². The van der Waals surface area contributed by atoms with Crippen LogP contribution in [0.3, 0.4) is 0 Å². The monoisotopic (exact) mass is 330 g/mol. The molecule has 126 valence electrons. The first-order valence-corrected chi connectivity index (χ1v) is 9.14. The Balaban J connectivity index is 1.47. The molecule has 3 heteroatoms. The molecule has 1 aromatic heterocycles. The predicted octanol–water partition coefficient (Wildman–Crippen LogP) is 4.10. The van der Waals surface area contributed by atoms with Gasteiger partial charge in [0.05, 0.1) is 0 Å². The number of nitrogens with zero attached hydrogens (tertiary/aromatic N) is 1. The van der Waals surface area contributed by atoms with Crippen molar-refractivity contribution in [3.05, 3.63) is 71.4 Å². The zero-order valence-electron chi connectivity index (χ0n) is 14.4. The summed E-state index contributed by atoms with van der Waals surface area (Å²) >= 11 is 0. The maximum Gasteiger partial charge on any atom is 0.226 e. The minimum Gasteiger partial charge on any atom is -0.358 e. The number of rotatable bonds is 2. The first-order chi connectivity index (χ1) is 12.2. The van der Waals surface area contributed by atoms with Crippen molar-refractivity contribution in [3.8, 4) is 0 Å². The Morgan fingerprint density at radius 2 is 1.84 bits per heavy atom. The molecule has 2 aromatic carbocycles. The number of H-pyrrole nitrogens is 1. The second-order valence-corrected chi connectivity index (χ2v) is 7.53. The summed E-state index contributed by atoms with van der Waals surface area (Å²) in [5, 5.41) is 1.33. The van der Waals surface area contributed by atoms with Crippen LogP contribution < -0.4 is 0 Å². The summed E-state index contributed by atoms with van der Waals surface area (Å²) in [6.07, 6.45) is 0.850. The molecule has 3 unspecified atom stereocenters. The molecule has 0 saturated carbocycles. The van der Waals surface area contributed by atoms with Gasteiger partial charge in [0, 0.05) is 35.6 Å². The molecule has 1 saturated heterocycles. The van der Waals surface area contributed by atoms with E-state index in [-0.39, 0.29) is 5.92 Å². The molecule has 5 rings (SSSR count). The van der Waals surface area contributed by atoms with Crippen molar-refractivity contribution < 1.29 is 4.79 Å². The Morgan fingerprint density at radius 3 is 2.68 bits per heavy atom. The lowest BCUT2D eigenvalue weighted by atomic mass is 9.73. The van der Waals surface area contributed by atoms with Gasteiger partial charge in [0.2, 0.25) is 5.91 Å². The smallest absolute Gasteiger partial charge is 0.226 e. The molecule has 25 heavy (non-hydrogen) atoms. The van der Waals surface area contributed by atoms with E-state index in [1.807, 2.05) is 18.2 Å². The van der Waals surface area contributed by atoms with Crippen LogP contribution in [0.4, 0.5) is 0 Å². The van der Waals surface area contributed by atoms with Gasteiger partial charge < -0.3 is 9.88 Å². The zero-order chi connectivity index (χ0) is 17.0. The molecule has 0 radical (unpaired) electrons. The van der Waals surface area contributed by atoms with Crippen LogP contribution in [0, 0.1) is 11.8 Å². The maximum absolute atomic E-state index is 13.0. The summed E-state index contributed by atoms with van der Waals surface area (Å²) in [5.74, 6) is 1.28. The molecular formula is C22H22N2O. The fourth-order valence-corrected chi connectivity index (χ4v) is 4.92. The average Bonchev–Trinajstić information content (AvgIpc) is 3.15. The third-order valence-corrected chi connectivity index (χ3v) is 6.14. The molecule has 3 aromatic rings. The lowest BCUT2D eigenvalue weighted by molar-refractivity contribution is -0.131. The molecule has 3 atom stereocenters. The van der Waals surface area contributed by atoms with E-state index in [1.165, 1.54) is 27.7 Å². The highest BCUT2D eigenvalue weighted by Gasteiger charge is 2.47. The SMILES string of the molecule is CC1c2c([nH]c3ccccc23)CC2C(=O)N(Cc3ccccc3)CC21. The van der Waals surface area contributed by atoms with E-state index in [1.54, 1.807) is 0 Å². The van der Waals surface area contributed by atoms with Gasteiger partial charge in [-0.3, -0.25) is 4.79 Å². The van der Waals surface area contributed by atoms with Gasteiger partial charge in [-0.25, -0.2) is 0 Å².